The lowest BCUT2D eigenvalue weighted by molar-refractivity contribution is -0.136. The fraction of sp³-hybridized carbons (Fsp3) is 0.375. The molecule has 0 aliphatic carbocycles. The molecule has 3 rings (SSSR count). The Labute approximate surface area is 197 Å². The highest BCUT2D eigenvalue weighted by Gasteiger charge is 2.13. The third-order valence-electron chi connectivity index (χ3n) is 4.99. The molecule has 10 nitrogen and oxygen atoms in total. The van der Waals surface area contributed by atoms with E-state index in [1.807, 2.05) is 24.3 Å². The number of para-hydroxylation sites is 1. The summed E-state index contributed by atoms with van der Waals surface area (Å²) in [5, 5.41) is 39.1. The van der Waals surface area contributed by atoms with Crippen molar-refractivity contribution in [2.45, 2.75) is 6.42 Å². The molecule has 0 saturated heterocycles. The maximum atomic E-state index is 11.8. The van der Waals surface area contributed by atoms with Gasteiger partial charge in [0, 0.05) is 37.0 Å². The molecule has 1 aromatic heterocycles. The molecule has 0 unspecified atom stereocenters. The van der Waals surface area contributed by atoms with Crippen molar-refractivity contribution in [3.8, 4) is 0 Å². The highest BCUT2D eigenvalue weighted by atomic mass is 16.5. The lowest BCUT2D eigenvalue weighted by Crippen LogP contribution is -2.32. The zero-order valence-corrected chi connectivity index (χ0v) is 19.1. The topological polar surface area (TPSA) is 152 Å². The lowest BCUT2D eigenvalue weighted by Gasteiger charge is -2.17. The summed E-state index contributed by atoms with van der Waals surface area (Å²) in [5.74, 6) is -1.30. The number of aliphatic carboxylic acids is 1. The highest BCUT2D eigenvalue weighted by molar-refractivity contribution is 6.09. The largest absolute Gasteiger partial charge is 0.481 e. The van der Waals surface area contributed by atoms with E-state index in [2.05, 4.69) is 10.3 Å². The number of hydrogen-bond donors (Lipinski definition) is 5. The first-order chi connectivity index (χ1) is 16.4. The number of pyridine rings is 1. The van der Waals surface area contributed by atoms with Gasteiger partial charge < -0.3 is 30.5 Å². The van der Waals surface area contributed by atoms with Gasteiger partial charge in [0.1, 0.15) is 0 Å². The highest BCUT2D eigenvalue weighted by Crippen LogP contribution is 2.31. The molecule has 0 atom stereocenters. The number of nitrogens with zero attached hydrogens (tertiary/aromatic N) is 2. The summed E-state index contributed by atoms with van der Waals surface area (Å²) in [4.78, 5) is 29.0. The molecule has 0 bridgehead atoms. The molecule has 34 heavy (non-hydrogen) atoms. The summed E-state index contributed by atoms with van der Waals surface area (Å²) in [6.45, 7) is 2.03. The number of carbonyl (C=O) groups is 2. The molecule has 1 heterocycles. The van der Waals surface area contributed by atoms with E-state index in [0.29, 0.717) is 25.2 Å². The molecule has 0 saturated carbocycles. The number of methoxy groups -OCH3 is 1. The molecule has 0 fully saturated rings. The second-order valence-corrected chi connectivity index (χ2v) is 7.31. The van der Waals surface area contributed by atoms with Crippen molar-refractivity contribution < 1.29 is 34.8 Å². The molecule has 0 aliphatic rings. The average molecular weight is 474 g/mol. The second-order valence-electron chi connectivity index (χ2n) is 7.31. The maximum absolute atomic E-state index is 11.8. The van der Waals surface area contributed by atoms with Gasteiger partial charge in [0.25, 0.3) is 0 Å². The van der Waals surface area contributed by atoms with Gasteiger partial charge in [-0.05, 0) is 24.3 Å². The molecule has 2 aromatic carbocycles. The minimum atomic E-state index is -0.875. The van der Waals surface area contributed by atoms with Crippen molar-refractivity contribution in [2.24, 2.45) is 0 Å². The Kier molecular flexibility index (Phi) is 11.1. The monoisotopic (exact) mass is 473 g/mol. The minimum absolute atomic E-state index is 0.00512. The first-order valence-corrected chi connectivity index (χ1v) is 10.9. The first-order valence-electron chi connectivity index (χ1n) is 10.9. The van der Waals surface area contributed by atoms with Crippen LogP contribution >= 0.6 is 0 Å². The Hall–Kier alpha value is -3.31. The number of esters is 1. The third kappa shape index (κ3) is 7.63. The Morgan fingerprint density at radius 3 is 2.15 bits per heavy atom. The van der Waals surface area contributed by atoms with Gasteiger partial charge in [-0.2, -0.15) is 0 Å². The van der Waals surface area contributed by atoms with Gasteiger partial charge >= 0.3 is 11.9 Å². The number of aliphatic hydroxyl groups is 3. The predicted molar refractivity (Wildman–Crippen MR) is 129 cm³/mol. The van der Waals surface area contributed by atoms with Gasteiger partial charge in [-0.25, -0.2) is 9.78 Å². The summed E-state index contributed by atoms with van der Waals surface area (Å²) in [6, 6.07) is 12.7. The standard InChI is InChI=1S/C18H16N2O4.C6H15NO3/c1-24-18(23)11-6-7-15-13(10-11)17(19-9-8-16(21)22)12-4-2-3-5-14(12)20-15;8-4-1-7(2-5-9)3-6-10/h2-7,10H,8-9H2,1H3,(H,19,20)(H,21,22);8-10H,1-6H2. The van der Waals surface area contributed by atoms with Gasteiger partial charge in [0.2, 0.25) is 0 Å². The number of aliphatic hydroxyl groups excluding tert-OH is 3. The van der Waals surface area contributed by atoms with Crippen LogP contribution in [0.4, 0.5) is 5.69 Å². The zero-order valence-electron chi connectivity index (χ0n) is 19.1. The number of benzene rings is 2. The van der Waals surface area contributed by atoms with E-state index in [0.717, 1.165) is 27.5 Å². The van der Waals surface area contributed by atoms with Crippen molar-refractivity contribution in [1.29, 1.82) is 0 Å². The van der Waals surface area contributed by atoms with Crippen LogP contribution in [0.25, 0.3) is 21.8 Å². The lowest BCUT2D eigenvalue weighted by atomic mass is 10.0. The van der Waals surface area contributed by atoms with Crippen LogP contribution in [-0.2, 0) is 9.53 Å². The number of fused-ring (bicyclic) bond motifs is 2. The molecule has 0 radical (unpaired) electrons. The number of carboxylic acid groups (broad SMARTS) is 1. The fourth-order valence-electron chi connectivity index (χ4n) is 3.38. The van der Waals surface area contributed by atoms with Crippen LogP contribution in [0.3, 0.4) is 0 Å². The van der Waals surface area contributed by atoms with Crippen LogP contribution in [0.2, 0.25) is 0 Å². The summed E-state index contributed by atoms with van der Waals surface area (Å²) in [7, 11) is 1.33. The van der Waals surface area contributed by atoms with Gasteiger partial charge in [-0.3, -0.25) is 9.69 Å². The smallest absolute Gasteiger partial charge is 0.337 e. The Morgan fingerprint density at radius 2 is 1.56 bits per heavy atom. The number of carboxylic acids is 1. The van der Waals surface area contributed by atoms with Crippen LogP contribution in [0.5, 0.6) is 0 Å². The minimum Gasteiger partial charge on any atom is -0.481 e. The first kappa shape index (κ1) is 26.9. The van der Waals surface area contributed by atoms with Gasteiger partial charge in [0.15, 0.2) is 0 Å². The van der Waals surface area contributed by atoms with E-state index in [-0.39, 0.29) is 32.8 Å². The van der Waals surface area contributed by atoms with Crippen molar-refractivity contribution in [2.75, 3.05) is 58.4 Å². The normalized spacial score (nSPS) is 10.7. The van der Waals surface area contributed by atoms with Crippen LogP contribution < -0.4 is 5.32 Å². The Morgan fingerprint density at radius 1 is 0.941 bits per heavy atom. The SMILES string of the molecule is COC(=O)c1ccc2nc3ccccc3c(NCCC(=O)O)c2c1.OCCN(CCO)CCO. The molecular formula is C24H31N3O7. The Bertz CT molecular complexity index is 1080. The van der Waals surface area contributed by atoms with E-state index in [4.69, 9.17) is 25.2 Å². The average Bonchev–Trinajstić information content (AvgIpc) is 2.83. The Balaban J connectivity index is 0.000000347. The van der Waals surface area contributed by atoms with E-state index in [1.165, 1.54) is 7.11 Å². The molecule has 0 amide bonds. The predicted octanol–water partition coefficient (Wildman–Crippen LogP) is 1.33. The summed E-state index contributed by atoms with van der Waals surface area (Å²) in [6.07, 6.45) is -0.00512. The molecule has 10 heteroatoms. The number of hydrogen-bond acceptors (Lipinski definition) is 9. The van der Waals surface area contributed by atoms with Gasteiger partial charge in [-0.15, -0.1) is 0 Å². The van der Waals surface area contributed by atoms with Crippen molar-refractivity contribution in [3.63, 3.8) is 0 Å². The van der Waals surface area contributed by atoms with Crippen LogP contribution in [-0.4, -0.2) is 95.4 Å². The number of nitrogens with one attached hydrogen (secondary N) is 1. The number of carbonyl (C=O) groups excluding carboxylic acids is 1. The summed E-state index contributed by atoms with van der Waals surface area (Å²) in [5.41, 5.74) is 2.71. The third-order valence-corrected chi connectivity index (χ3v) is 4.99. The van der Waals surface area contributed by atoms with E-state index in [1.54, 1.807) is 23.1 Å². The van der Waals surface area contributed by atoms with E-state index in [9.17, 15) is 9.59 Å². The van der Waals surface area contributed by atoms with Crippen LogP contribution in [0.15, 0.2) is 42.5 Å². The van der Waals surface area contributed by atoms with E-state index < -0.39 is 11.9 Å². The zero-order chi connectivity index (χ0) is 24.9. The molecular weight excluding hydrogens is 442 g/mol. The quantitative estimate of drug-likeness (QED) is 0.204. The maximum Gasteiger partial charge on any atom is 0.337 e. The molecule has 3 aromatic rings. The van der Waals surface area contributed by atoms with Crippen LogP contribution in [0, 0.1) is 0 Å². The molecule has 0 aliphatic heterocycles. The number of aromatic nitrogens is 1. The van der Waals surface area contributed by atoms with Gasteiger partial charge in [-0.1, -0.05) is 18.2 Å². The molecule has 5 N–H and O–H groups in total. The molecule has 184 valence electrons. The fourth-order valence-corrected chi connectivity index (χ4v) is 3.38. The van der Waals surface area contributed by atoms with E-state index >= 15 is 0 Å². The number of rotatable bonds is 11. The summed E-state index contributed by atoms with van der Waals surface area (Å²) < 4.78 is 4.77. The van der Waals surface area contributed by atoms with Crippen molar-refractivity contribution in [1.82, 2.24) is 9.88 Å². The number of ether oxygens (including phenoxy) is 1. The second kappa shape index (κ2) is 14.1. The van der Waals surface area contributed by atoms with Crippen molar-refractivity contribution >= 4 is 39.4 Å². The van der Waals surface area contributed by atoms with Gasteiger partial charge in [0.05, 0.1) is 55.6 Å². The van der Waals surface area contributed by atoms with Crippen molar-refractivity contribution in [3.05, 3.63) is 48.0 Å². The van der Waals surface area contributed by atoms with Crippen LogP contribution in [0.1, 0.15) is 16.8 Å². The number of anilines is 1. The summed E-state index contributed by atoms with van der Waals surface area (Å²) >= 11 is 0. The molecule has 0 spiro atoms.